The van der Waals surface area contributed by atoms with E-state index in [1.54, 1.807) is 12.1 Å². The van der Waals surface area contributed by atoms with Gasteiger partial charge in [-0.2, -0.15) is 5.10 Å². The summed E-state index contributed by atoms with van der Waals surface area (Å²) >= 11 is 9.15. The van der Waals surface area contributed by atoms with E-state index >= 15 is 0 Å². The molecule has 104 valence electrons. The summed E-state index contributed by atoms with van der Waals surface area (Å²) in [7, 11) is 0. The van der Waals surface area contributed by atoms with Gasteiger partial charge in [0.1, 0.15) is 6.54 Å². The first-order valence-corrected chi connectivity index (χ1v) is 6.63. The van der Waals surface area contributed by atoms with Crippen LogP contribution in [0, 0.1) is 0 Å². The van der Waals surface area contributed by atoms with E-state index in [4.69, 9.17) is 16.7 Å². The van der Waals surface area contributed by atoms with Crippen LogP contribution in [0.4, 0.5) is 5.69 Å². The fourth-order valence-electron chi connectivity index (χ4n) is 1.49. The summed E-state index contributed by atoms with van der Waals surface area (Å²) in [6.45, 7) is -0.264. The quantitative estimate of drug-likeness (QED) is 0.880. The topological polar surface area (TPSA) is 84.2 Å². The Morgan fingerprint density at radius 3 is 2.85 bits per heavy atom. The summed E-state index contributed by atoms with van der Waals surface area (Å²) in [5.41, 5.74) is 0.805. The Morgan fingerprint density at radius 2 is 2.20 bits per heavy atom. The number of aromatic nitrogens is 2. The normalized spacial score (nSPS) is 10.3. The molecule has 8 heteroatoms. The molecule has 0 spiro atoms. The van der Waals surface area contributed by atoms with Crippen LogP contribution >= 0.6 is 27.5 Å². The molecule has 20 heavy (non-hydrogen) atoms. The van der Waals surface area contributed by atoms with Crippen molar-refractivity contribution in [3.63, 3.8) is 0 Å². The maximum atomic E-state index is 12.0. The van der Waals surface area contributed by atoms with Crippen LogP contribution in [0.3, 0.4) is 0 Å². The van der Waals surface area contributed by atoms with Gasteiger partial charge < -0.3 is 10.4 Å². The summed E-state index contributed by atoms with van der Waals surface area (Å²) in [4.78, 5) is 22.5. The number of hydrogen-bond donors (Lipinski definition) is 2. The zero-order valence-electron chi connectivity index (χ0n) is 10.0. The number of hydrogen-bond acceptors (Lipinski definition) is 3. The van der Waals surface area contributed by atoms with E-state index in [0.717, 1.165) is 0 Å². The molecule has 1 aromatic carbocycles. The maximum absolute atomic E-state index is 12.0. The number of anilines is 1. The van der Waals surface area contributed by atoms with E-state index in [9.17, 15) is 9.59 Å². The molecule has 0 saturated heterocycles. The van der Waals surface area contributed by atoms with Crippen LogP contribution in [-0.4, -0.2) is 26.8 Å². The summed E-state index contributed by atoms with van der Waals surface area (Å²) in [6, 6.07) is 4.82. The second-order valence-electron chi connectivity index (χ2n) is 3.90. The van der Waals surface area contributed by atoms with Gasteiger partial charge in [-0.25, -0.2) is 0 Å². The van der Waals surface area contributed by atoms with E-state index in [2.05, 4.69) is 26.3 Å². The molecule has 1 amide bonds. The molecular weight excluding hydrogens is 350 g/mol. The second kappa shape index (κ2) is 6.06. The van der Waals surface area contributed by atoms with Crippen molar-refractivity contribution in [2.75, 3.05) is 5.32 Å². The van der Waals surface area contributed by atoms with Gasteiger partial charge in [0.05, 0.1) is 16.9 Å². The Morgan fingerprint density at radius 1 is 1.45 bits per heavy atom. The minimum atomic E-state index is -1.01. The minimum Gasteiger partial charge on any atom is -0.480 e. The number of amides is 1. The van der Waals surface area contributed by atoms with E-state index in [0.29, 0.717) is 20.7 Å². The number of carboxylic acid groups (broad SMARTS) is 1. The van der Waals surface area contributed by atoms with Crippen molar-refractivity contribution in [3.8, 4) is 0 Å². The number of nitrogens with zero attached hydrogens (tertiary/aromatic N) is 2. The fraction of sp³-hybridized carbons (Fsp3) is 0.0833. The Hall–Kier alpha value is -1.86. The Balaban J connectivity index is 2.09. The van der Waals surface area contributed by atoms with Crippen molar-refractivity contribution >= 4 is 45.1 Å². The van der Waals surface area contributed by atoms with Gasteiger partial charge in [0.2, 0.25) is 0 Å². The number of rotatable bonds is 4. The largest absolute Gasteiger partial charge is 0.480 e. The third-order valence-corrected chi connectivity index (χ3v) is 3.60. The third-order valence-electron chi connectivity index (χ3n) is 2.37. The molecule has 0 bridgehead atoms. The molecule has 0 unspecified atom stereocenters. The molecule has 2 rings (SSSR count). The number of carbonyl (C=O) groups is 2. The van der Waals surface area contributed by atoms with Crippen molar-refractivity contribution in [3.05, 3.63) is 45.7 Å². The molecule has 0 fully saturated rings. The van der Waals surface area contributed by atoms with E-state index < -0.39 is 5.97 Å². The molecule has 0 aliphatic heterocycles. The summed E-state index contributed by atoms with van der Waals surface area (Å²) in [5, 5.41) is 15.5. The van der Waals surface area contributed by atoms with Crippen LogP contribution in [0.15, 0.2) is 35.1 Å². The molecule has 0 radical (unpaired) electrons. The molecule has 0 aliphatic carbocycles. The number of halogens is 2. The molecular formula is C12H9BrClN3O3. The number of benzene rings is 1. The summed E-state index contributed by atoms with van der Waals surface area (Å²) in [6.07, 6.45) is 2.81. The average molecular weight is 359 g/mol. The predicted molar refractivity (Wildman–Crippen MR) is 77.0 cm³/mol. The van der Waals surface area contributed by atoms with Gasteiger partial charge in [-0.1, -0.05) is 11.6 Å². The third kappa shape index (κ3) is 3.58. The molecule has 2 N–H and O–H groups in total. The average Bonchev–Trinajstić information content (AvgIpc) is 2.79. The monoisotopic (exact) mass is 357 g/mol. The van der Waals surface area contributed by atoms with E-state index in [1.165, 1.54) is 23.1 Å². The smallest absolute Gasteiger partial charge is 0.325 e. The van der Waals surface area contributed by atoms with Gasteiger partial charge >= 0.3 is 5.97 Å². The maximum Gasteiger partial charge on any atom is 0.325 e. The summed E-state index contributed by atoms with van der Waals surface area (Å²) in [5.74, 6) is -1.36. The van der Waals surface area contributed by atoms with Crippen LogP contribution in [0.1, 0.15) is 10.4 Å². The lowest BCUT2D eigenvalue weighted by molar-refractivity contribution is -0.137. The number of carboxylic acids is 1. The van der Waals surface area contributed by atoms with Crippen molar-refractivity contribution < 1.29 is 14.7 Å². The molecule has 1 heterocycles. The fourth-order valence-corrected chi connectivity index (χ4v) is 1.92. The van der Waals surface area contributed by atoms with Gasteiger partial charge in [0.25, 0.3) is 5.91 Å². The van der Waals surface area contributed by atoms with Gasteiger partial charge in [-0.05, 0) is 34.1 Å². The predicted octanol–water partition coefficient (Wildman–Crippen LogP) is 2.64. The van der Waals surface area contributed by atoms with Gasteiger partial charge in [0, 0.05) is 16.2 Å². The highest BCUT2D eigenvalue weighted by atomic mass is 79.9. The van der Waals surface area contributed by atoms with E-state index in [1.807, 2.05) is 0 Å². The van der Waals surface area contributed by atoms with Crippen molar-refractivity contribution in [1.29, 1.82) is 0 Å². The number of nitrogens with one attached hydrogen (secondary N) is 1. The summed E-state index contributed by atoms with van der Waals surface area (Å²) < 4.78 is 1.91. The highest BCUT2D eigenvalue weighted by Crippen LogP contribution is 2.23. The SMILES string of the molecule is O=C(O)Cn1cc(NC(=O)c2ccc(Br)c(Cl)c2)cn1. The minimum absolute atomic E-state index is 0.264. The van der Waals surface area contributed by atoms with Gasteiger partial charge in [-0.15, -0.1) is 0 Å². The Bertz CT molecular complexity index is 672. The molecule has 0 aliphatic rings. The van der Waals surface area contributed by atoms with Crippen LogP contribution in [0.25, 0.3) is 0 Å². The lowest BCUT2D eigenvalue weighted by Gasteiger charge is -2.03. The van der Waals surface area contributed by atoms with Crippen LogP contribution in [0.5, 0.6) is 0 Å². The Kier molecular flexibility index (Phi) is 4.41. The molecule has 0 atom stereocenters. The van der Waals surface area contributed by atoms with Crippen molar-refractivity contribution in [1.82, 2.24) is 9.78 Å². The molecule has 6 nitrogen and oxygen atoms in total. The first-order chi connectivity index (χ1) is 9.45. The standard InChI is InChI=1S/C12H9BrClN3O3/c13-9-2-1-7(3-10(9)14)12(20)16-8-4-15-17(5-8)6-11(18)19/h1-5H,6H2,(H,16,20)(H,18,19). The zero-order valence-corrected chi connectivity index (χ0v) is 12.3. The van der Waals surface area contributed by atoms with Crippen molar-refractivity contribution in [2.24, 2.45) is 0 Å². The lowest BCUT2D eigenvalue weighted by Crippen LogP contribution is -2.12. The first-order valence-electron chi connectivity index (χ1n) is 5.46. The first kappa shape index (κ1) is 14.5. The van der Waals surface area contributed by atoms with Crippen LogP contribution in [0.2, 0.25) is 5.02 Å². The zero-order chi connectivity index (χ0) is 14.7. The lowest BCUT2D eigenvalue weighted by atomic mass is 10.2. The van der Waals surface area contributed by atoms with Crippen LogP contribution < -0.4 is 5.32 Å². The van der Waals surface area contributed by atoms with Crippen LogP contribution in [-0.2, 0) is 11.3 Å². The Labute approximate surface area is 127 Å². The van der Waals surface area contributed by atoms with Gasteiger partial charge in [-0.3, -0.25) is 14.3 Å². The molecule has 0 saturated carbocycles. The molecule has 2 aromatic rings. The molecule has 1 aromatic heterocycles. The number of carbonyl (C=O) groups excluding carboxylic acids is 1. The highest BCUT2D eigenvalue weighted by molar-refractivity contribution is 9.10. The number of aliphatic carboxylic acids is 1. The van der Waals surface area contributed by atoms with E-state index in [-0.39, 0.29) is 12.5 Å². The van der Waals surface area contributed by atoms with Crippen molar-refractivity contribution in [2.45, 2.75) is 6.54 Å². The van der Waals surface area contributed by atoms with Gasteiger partial charge in [0.15, 0.2) is 0 Å². The second-order valence-corrected chi connectivity index (χ2v) is 5.16. The highest BCUT2D eigenvalue weighted by Gasteiger charge is 2.10.